The van der Waals surface area contributed by atoms with Crippen LogP contribution in [0.5, 0.6) is 5.75 Å². The van der Waals surface area contributed by atoms with Crippen molar-refractivity contribution >= 4 is 5.78 Å². The van der Waals surface area contributed by atoms with Crippen molar-refractivity contribution in [2.75, 3.05) is 0 Å². The monoisotopic (exact) mass is 238 g/mol. The Kier molecular flexibility index (Phi) is 2.63. The fourth-order valence-electron chi connectivity index (χ4n) is 2.60. The van der Waals surface area contributed by atoms with Crippen molar-refractivity contribution in [1.82, 2.24) is 0 Å². The molecule has 1 atom stereocenters. The third-order valence-corrected chi connectivity index (χ3v) is 3.54. The average molecular weight is 238 g/mol. The van der Waals surface area contributed by atoms with Crippen molar-refractivity contribution in [2.45, 2.75) is 12.8 Å². The minimum Gasteiger partial charge on any atom is -0.508 e. The summed E-state index contributed by atoms with van der Waals surface area (Å²) in [7, 11) is 0. The van der Waals surface area contributed by atoms with Crippen LogP contribution in [0.1, 0.15) is 21.5 Å². The number of rotatable bonds is 2. The van der Waals surface area contributed by atoms with Crippen LogP contribution in [0.25, 0.3) is 0 Å². The highest BCUT2D eigenvalue weighted by atomic mass is 16.3. The summed E-state index contributed by atoms with van der Waals surface area (Å²) >= 11 is 0. The summed E-state index contributed by atoms with van der Waals surface area (Å²) in [5.41, 5.74) is 3.13. The number of phenols is 1. The largest absolute Gasteiger partial charge is 0.508 e. The highest BCUT2D eigenvalue weighted by Gasteiger charge is 2.29. The minimum atomic E-state index is 0.0481. The number of phenolic OH excluding ortho intramolecular Hbond substituents is 1. The number of hydrogen-bond donors (Lipinski definition) is 1. The highest BCUT2D eigenvalue weighted by Crippen LogP contribution is 2.29. The Morgan fingerprint density at radius 1 is 1.06 bits per heavy atom. The van der Waals surface area contributed by atoms with Crippen LogP contribution in [0.3, 0.4) is 0 Å². The van der Waals surface area contributed by atoms with Gasteiger partial charge in [-0.25, -0.2) is 0 Å². The van der Waals surface area contributed by atoms with Gasteiger partial charge in [0.05, 0.1) is 0 Å². The number of aromatic hydroxyl groups is 1. The second-order valence-corrected chi connectivity index (χ2v) is 4.79. The number of hydrogen-bond acceptors (Lipinski definition) is 2. The van der Waals surface area contributed by atoms with Gasteiger partial charge in [-0.1, -0.05) is 36.4 Å². The van der Waals surface area contributed by atoms with Gasteiger partial charge in [0.15, 0.2) is 5.78 Å². The molecule has 0 spiro atoms. The van der Waals surface area contributed by atoms with E-state index in [4.69, 9.17) is 0 Å². The van der Waals surface area contributed by atoms with Gasteiger partial charge in [-0.3, -0.25) is 4.79 Å². The molecule has 2 nitrogen and oxygen atoms in total. The van der Waals surface area contributed by atoms with Crippen molar-refractivity contribution in [3.63, 3.8) is 0 Å². The fourth-order valence-corrected chi connectivity index (χ4v) is 2.60. The van der Waals surface area contributed by atoms with Gasteiger partial charge in [0.2, 0.25) is 0 Å². The Morgan fingerprint density at radius 2 is 1.78 bits per heavy atom. The molecule has 1 N–H and O–H groups in total. The Balaban J connectivity index is 1.81. The molecular formula is C16H14O2. The normalized spacial score (nSPS) is 17.8. The summed E-state index contributed by atoms with van der Waals surface area (Å²) in [6.07, 6.45) is 1.57. The topological polar surface area (TPSA) is 37.3 Å². The second-order valence-electron chi connectivity index (χ2n) is 4.79. The zero-order chi connectivity index (χ0) is 12.5. The van der Waals surface area contributed by atoms with E-state index in [1.54, 1.807) is 12.1 Å². The Bertz CT molecular complexity index is 584. The van der Waals surface area contributed by atoms with Crippen LogP contribution < -0.4 is 0 Å². The number of carbonyl (C=O) groups excluding carboxylic acids is 1. The summed E-state index contributed by atoms with van der Waals surface area (Å²) in [5, 5.41) is 9.24. The standard InChI is InChI=1S/C16H14O2/c17-14-7-5-11(6-8-14)9-13-10-12-3-1-2-4-15(12)16(13)18/h1-8,13,17H,9-10H2/t13-/m0/s1. The van der Waals surface area contributed by atoms with Gasteiger partial charge in [-0.05, 0) is 36.1 Å². The molecule has 0 aliphatic heterocycles. The van der Waals surface area contributed by atoms with E-state index < -0.39 is 0 Å². The molecule has 2 heteroatoms. The predicted octanol–water partition coefficient (Wildman–Crippen LogP) is 2.99. The number of fused-ring (bicyclic) bond motifs is 1. The SMILES string of the molecule is O=C1c2ccccc2C[C@@H]1Cc1ccc(O)cc1. The van der Waals surface area contributed by atoms with Gasteiger partial charge >= 0.3 is 0 Å². The maximum atomic E-state index is 12.2. The summed E-state index contributed by atoms with van der Waals surface area (Å²) < 4.78 is 0. The number of carbonyl (C=O) groups is 1. The van der Waals surface area contributed by atoms with E-state index in [-0.39, 0.29) is 17.5 Å². The third-order valence-electron chi connectivity index (χ3n) is 3.54. The minimum absolute atomic E-state index is 0.0481. The molecule has 90 valence electrons. The van der Waals surface area contributed by atoms with Crippen LogP contribution in [-0.4, -0.2) is 10.9 Å². The first-order valence-corrected chi connectivity index (χ1v) is 6.14. The molecule has 2 aromatic rings. The molecule has 0 saturated heterocycles. The molecule has 0 bridgehead atoms. The van der Waals surface area contributed by atoms with Gasteiger partial charge in [0.25, 0.3) is 0 Å². The molecule has 2 aromatic carbocycles. The molecule has 18 heavy (non-hydrogen) atoms. The lowest BCUT2D eigenvalue weighted by Crippen LogP contribution is -2.12. The van der Waals surface area contributed by atoms with Gasteiger partial charge in [0.1, 0.15) is 5.75 Å². The van der Waals surface area contributed by atoms with Crippen molar-refractivity contribution in [2.24, 2.45) is 5.92 Å². The van der Waals surface area contributed by atoms with Crippen LogP contribution in [0, 0.1) is 5.92 Å². The number of Topliss-reactive ketones (excluding diaryl/α,β-unsaturated/α-hetero) is 1. The Hall–Kier alpha value is -2.09. The quantitative estimate of drug-likeness (QED) is 0.873. The molecule has 0 heterocycles. The van der Waals surface area contributed by atoms with Crippen LogP contribution >= 0.6 is 0 Å². The van der Waals surface area contributed by atoms with E-state index in [1.807, 2.05) is 36.4 Å². The summed E-state index contributed by atoms with van der Waals surface area (Å²) in [6.45, 7) is 0. The van der Waals surface area contributed by atoms with E-state index >= 15 is 0 Å². The van der Waals surface area contributed by atoms with Crippen molar-refractivity contribution in [1.29, 1.82) is 0 Å². The molecule has 0 radical (unpaired) electrons. The van der Waals surface area contributed by atoms with Crippen LogP contribution in [0.15, 0.2) is 48.5 Å². The predicted molar refractivity (Wildman–Crippen MR) is 69.8 cm³/mol. The first kappa shape index (κ1) is 11.0. The molecule has 1 aliphatic rings. The first-order valence-electron chi connectivity index (χ1n) is 6.14. The maximum Gasteiger partial charge on any atom is 0.166 e. The van der Waals surface area contributed by atoms with Crippen molar-refractivity contribution in [3.8, 4) is 5.75 Å². The van der Waals surface area contributed by atoms with Crippen LogP contribution in [0.4, 0.5) is 0 Å². The summed E-state index contributed by atoms with van der Waals surface area (Å²) in [4.78, 5) is 12.2. The zero-order valence-corrected chi connectivity index (χ0v) is 9.97. The van der Waals surface area contributed by atoms with Gasteiger partial charge in [-0.2, -0.15) is 0 Å². The molecule has 0 saturated carbocycles. The smallest absolute Gasteiger partial charge is 0.166 e. The second kappa shape index (κ2) is 4.30. The van der Waals surface area contributed by atoms with Gasteiger partial charge in [-0.15, -0.1) is 0 Å². The van der Waals surface area contributed by atoms with Crippen molar-refractivity contribution in [3.05, 3.63) is 65.2 Å². The Labute approximate surface area is 106 Å². The molecular weight excluding hydrogens is 224 g/mol. The molecule has 0 aromatic heterocycles. The molecule has 0 amide bonds. The first-order chi connectivity index (χ1) is 8.74. The van der Waals surface area contributed by atoms with E-state index in [2.05, 4.69) is 0 Å². The van der Waals surface area contributed by atoms with Crippen LogP contribution in [0.2, 0.25) is 0 Å². The summed E-state index contributed by atoms with van der Waals surface area (Å²) in [6, 6.07) is 14.9. The van der Waals surface area contributed by atoms with Crippen molar-refractivity contribution < 1.29 is 9.90 Å². The lowest BCUT2D eigenvalue weighted by atomic mass is 9.96. The molecule has 3 rings (SSSR count). The number of ketones is 1. The number of benzene rings is 2. The lowest BCUT2D eigenvalue weighted by Gasteiger charge is -2.07. The van der Waals surface area contributed by atoms with Gasteiger partial charge in [0, 0.05) is 11.5 Å². The van der Waals surface area contributed by atoms with Gasteiger partial charge < -0.3 is 5.11 Å². The third kappa shape index (κ3) is 1.90. The molecule has 1 aliphatic carbocycles. The molecule has 0 fully saturated rings. The van der Waals surface area contributed by atoms with E-state index in [0.717, 1.165) is 29.5 Å². The van der Waals surface area contributed by atoms with Crippen LogP contribution in [-0.2, 0) is 12.8 Å². The van der Waals surface area contributed by atoms with E-state index in [9.17, 15) is 9.90 Å². The maximum absolute atomic E-state index is 12.2. The Morgan fingerprint density at radius 3 is 2.50 bits per heavy atom. The summed E-state index contributed by atoms with van der Waals surface area (Å²) in [5.74, 6) is 0.561. The average Bonchev–Trinajstić information content (AvgIpc) is 2.70. The highest BCUT2D eigenvalue weighted by molar-refractivity contribution is 6.02. The van der Waals surface area contributed by atoms with E-state index in [0.29, 0.717) is 0 Å². The van der Waals surface area contributed by atoms with E-state index in [1.165, 1.54) is 0 Å². The molecule has 0 unspecified atom stereocenters. The zero-order valence-electron chi connectivity index (χ0n) is 9.97. The lowest BCUT2D eigenvalue weighted by molar-refractivity contribution is 0.0936. The fraction of sp³-hybridized carbons (Fsp3) is 0.188.